The van der Waals surface area contributed by atoms with Gasteiger partial charge in [0.25, 0.3) is 5.91 Å². The van der Waals surface area contributed by atoms with Gasteiger partial charge >= 0.3 is 5.97 Å². The van der Waals surface area contributed by atoms with Crippen LogP contribution in [-0.4, -0.2) is 58.5 Å². The first kappa shape index (κ1) is 20.6. The Bertz CT molecular complexity index is 750. The zero-order valence-electron chi connectivity index (χ0n) is 14.6. The number of hydrogen-bond donors (Lipinski definition) is 1. The Balaban J connectivity index is 2.36. The molecule has 1 aliphatic rings. The van der Waals surface area contributed by atoms with Crippen LogP contribution in [0.4, 0.5) is 0 Å². The highest BCUT2D eigenvalue weighted by atomic mass is 32.2. The monoisotopic (exact) mass is 413 g/mol. The maximum Gasteiger partial charge on any atom is 0.326 e. The molecule has 2 rings (SSSR count). The zero-order chi connectivity index (χ0) is 19.3. The number of benzene rings is 1. The second-order valence-corrected chi connectivity index (χ2v) is 7.93. The topological polar surface area (TPSA) is 76.1 Å². The number of aliphatic carboxylic acids is 1. The average molecular weight is 414 g/mol. The van der Waals surface area contributed by atoms with Gasteiger partial charge in [-0.05, 0) is 30.6 Å². The molecule has 1 heterocycles. The summed E-state index contributed by atoms with van der Waals surface area (Å²) >= 11 is 7.88. The number of amides is 1. The van der Waals surface area contributed by atoms with Crippen molar-refractivity contribution < 1.29 is 24.2 Å². The van der Waals surface area contributed by atoms with E-state index in [1.54, 1.807) is 24.3 Å². The van der Waals surface area contributed by atoms with Crippen LogP contribution >= 0.6 is 35.7 Å². The summed E-state index contributed by atoms with van der Waals surface area (Å²) in [6.45, 7) is 0. The van der Waals surface area contributed by atoms with Crippen LogP contribution in [0.3, 0.4) is 0 Å². The quantitative estimate of drug-likeness (QED) is 0.515. The molecule has 1 aromatic rings. The van der Waals surface area contributed by atoms with Crippen LogP contribution in [0.1, 0.15) is 12.0 Å². The van der Waals surface area contributed by atoms with Crippen molar-refractivity contribution in [1.29, 1.82) is 0 Å². The van der Waals surface area contributed by atoms with Gasteiger partial charge in [0, 0.05) is 5.56 Å². The van der Waals surface area contributed by atoms with E-state index in [9.17, 15) is 14.7 Å². The summed E-state index contributed by atoms with van der Waals surface area (Å²) in [5.74, 6) is 0.197. The van der Waals surface area contributed by atoms with E-state index in [0.29, 0.717) is 34.1 Å². The van der Waals surface area contributed by atoms with Gasteiger partial charge in [-0.3, -0.25) is 9.69 Å². The van der Waals surface area contributed by atoms with Gasteiger partial charge in [-0.2, -0.15) is 11.8 Å². The van der Waals surface area contributed by atoms with Crippen molar-refractivity contribution in [3.63, 3.8) is 0 Å². The minimum atomic E-state index is -1.06. The Labute approximate surface area is 165 Å². The summed E-state index contributed by atoms with van der Waals surface area (Å²) in [4.78, 5) is 25.9. The third-order valence-electron chi connectivity index (χ3n) is 3.74. The molecule has 0 radical (unpaired) electrons. The number of nitrogens with zero attached hydrogens (tertiary/aromatic N) is 1. The number of thioether (sulfide) groups is 2. The largest absolute Gasteiger partial charge is 0.493 e. The van der Waals surface area contributed by atoms with Crippen molar-refractivity contribution in [2.45, 2.75) is 12.5 Å². The molecule has 0 aliphatic carbocycles. The molecule has 26 heavy (non-hydrogen) atoms. The van der Waals surface area contributed by atoms with Gasteiger partial charge in [-0.25, -0.2) is 4.79 Å². The molecule has 9 heteroatoms. The van der Waals surface area contributed by atoms with Crippen molar-refractivity contribution in [2.24, 2.45) is 0 Å². The number of hydrogen-bond acceptors (Lipinski definition) is 7. The number of rotatable bonds is 8. The molecule has 140 valence electrons. The second kappa shape index (κ2) is 9.29. The first-order valence-corrected chi connectivity index (χ1v) is 10.3. The lowest BCUT2D eigenvalue weighted by Crippen LogP contribution is -2.44. The van der Waals surface area contributed by atoms with Crippen molar-refractivity contribution in [1.82, 2.24) is 4.90 Å². The third kappa shape index (κ3) is 4.33. The summed E-state index contributed by atoms with van der Waals surface area (Å²) in [5, 5.41) is 9.49. The van der Waals surface area contributed by atoms with Gasteiger partial charge in [0.2, 0.25) is 0 Å². The summed E-state index contributed by atoms with van der Waals surface area (Å²) in [6.07, 6.45) is 3.87. The summed E-state index contributed by atoms with van der Waals surface area (Å²) < 4.78 is 10.9. The Morgan fingerprint density at radius 2 is 2.15 bits per heavy atom. The van der Waals surface area contributed by atoms with Crippen molar-refractivity contribution in [3.05, 3.63) is 28.7 Å². The van der Waals surface area contributed by atoms with Gasteiger partial charge in [0.05, 0.1) is 19.1 Å². The Hall–Kier alpha value is -1.71. The lowest BCUT2D eigenvalue weighted by atomic mass is 10.1. The number of carbonyl (C=O) groups excluding carboxylic acids is 1. The molecule has 0 unspecified atom stereocenters. The van der Waals surface area contributed by atoms with Crippen molar-refractivity contribution in [2.75, 3.05) is 26.2 Å². The first-order chi connectivity index (χ1) is 12.4. The van der Waals surface area contributed by atoms with Crippen LogP contribution in [0.5, 0.6) is 11.5 Å². The number of ether oxygens (including phenoxy) is 2. The van der Waals surface area contributed by atoms with Gasteiger partial charge in [0.1, 0.15) is 10.4 Å². The molecule has 1 fully saturated rings. The summed E-state index contributed by atoms with van der Waals surface area (Å²) in [6, 6.07) is 4.36. The fourth-order valence-corrected chi connectivity index (χ4v) is 4.31. The molecule has 0 saturated carbocycles. The first-order valence-electron chi connectivity index (χ1n) is 7.64. The van der Waals surface area contributed by atoms with Crippen molar-refractivity contribution >= 4 is 58.0 Å². The second-order valence-electron chi connectivity index (χ2n) is 5.27. The molecule has 0 bridgehead atoms. The van der Waals surface area contributed by atoms with E-state index < -0.39 is 17.9 Å². The van der Waals surface area contributed by atoms with Crippen LogP contribution in [0, 0.1) is 0 Å². The van der Waals surface area contributed by atoms with Gasteiger partial charge in [0.15, 0.2) is 11.5 Å². The van der Waals surface area contributed by atoms with Crippen LogP contribution in [0.15, 0.2) is 23.1 Å². The maximum atomic E-state index is 12.8. The van der Waals surface area contributed by atoms with Crippen LogP contribution < -0.4 is 9.47 Å². The van der Waals surface area contributed by atoms with E-state index >= 15 is 0 Å². The lowest BCUT2D eigenvalue weighted by molar-refractivity contribution is -0.145. The van der Waals surface area contributed by atoms with Crippen LogP contribution in [0.25, 0.3) is 6.08 Å². The minimum absolute atomic E-state index is 0.247. The number of carboxylic acids is 1. The van der Waals surface area contributed by atoms with Gasteiger partial charge in [-0.15, -0.1) is 0 Å². The van der Waals surface area contributed by atoms with E-state index in [1.807, 2.05) is 6.26 Å². The van der Waals surface area contributed by atoms with E-state index in [1.165, 1.54) is 30.9 Å². The molecule has 1 aromatic carbocycles. The number of para-hydroxylation sites is 1. The predicted octanol–water partition coefficient (Wildman–Crippen LogP) is 3.11. The SMILES string of the molecule is COc1cccc(/C=C2\SC(=S)N([C@H](CCSC)C(=O)O)C2=O)c1OC. The van der Waals surface area contributed by atoms with Crippen LogP contribution in [0.2, 0.25) is 0 Å². The molecular formula is C17H19NO5S3. The highest BCUT2D eigenvalue weighted by molar-refractivity contribution is 8.26. The predicted molar refractivity (Wildman–Crippen MR) is 109 cm³/mol. The molecule has 6 nitrogen and oxygen atoms in total. The van der Waals surface area contributed by atoms with Crippen molar-refractivity contribution in [3.8, 4) is 11.5 Å². The zero-order valence-corrected chi connectivity index (χ0v) is 17.0. The highest BCUT2D eigenvalue weighted by Crippen LogP contribution is 2.38. The molecular weight excluding hydrogens is 394 g/mol. The number of methoxy groups -OCH3 is 2. The average Bonchev–Trinajstić information content (AvgIpc) is 2.89. The molecule has 1 saturated heterocycles. The van der Waals surface area contributed by atoms with Crippen LogP contribution in [-0.2, 0) is 9.59 Å². The standard InChI is InChI=1S/C17H19NO5S3/c1-22-12-6-4-5-10(14(12)23-2)9-13-15(19)18(17(24)26-13)11(16(20)21)7-8-25-3/h4-6,9,11H,7-8H2,1-3H3,(H,20,21)/b13-9-/t11-/m1/s1. The number of carboxylic acid groups (broad SMARTS) is 1. The smallest absolute Gasteiger partial charge is 0.326 e. The van der Waals surface area contributed by atoms with Gasteiger partial charge < -0.3 is 14.6 Å². The fourth-order valence-electron chi connectivity index (χ4n) is 2.51. The Morgan fingerprint density at radius 1 is 1.42 bits per heavy atom. The van der Waals surface area contributed by atoms with Gasteiger partial charge in [-0.1, -0.05) is 36.1 Å². The normalized spacial score (nSPS) is 16.9. The lowest BCUT2D eigenvalue weighted by Gasteiger charge is -2.22. The molecule has 0 spiro atoms. The summed E-state index contributed by atoms with van der Waals surface area (Å²) in [7, 11) is 3.05. The molecule has 1 amide bonds. The Morgan fingerprint density at radius 3 is 2.73 bits per heavy atom. The number of carbonyl (C=O) groups is 2. The molecule has 1 N–H and O–H groups in total. The van der Waals surface area contributed by atoms with E-state index in [-0.39, 0.29) is 4.32 Å². The Kier molecular flexibility index (Phi) is 7.36. The van der Waals surface area contributed by atoms with E-state index in [4.69, 9.17) is 21.7 Å². The fraction of sp³-hybridized carbons (Fsp3) is 0.353. The third-order valence-corrected chi connectivity index (χ3v) is 5.71. The highest BCUT2D eigenvalue weighted by Gasteiger charge is 2.40. The number of thiocarbonyl (C=S) groups is 1. The maximum absolute atomic E-state index is 12.8. The van der Waals surface area contributed by atoms with E-state index in [0.717, 1.165) is 11.8 Å². The summed E-state index contributed by atoms with van der Waals surface area (Å²) in [5.41, 5.74) is 0.656. The van der Waals surface area contributed by atoms with E-state index in [2.05, 4.69) is 0 Å². The molecule has 1 aliphatic heterocycles. The minimum Gasteiger partial charge on any atom is -0.493 e. The molecule has 0 aromatic heterocycles. The molecule has 1 atom stereocenters.